The zero-order chi connectivity index (χ0) is 21.8. The number of halogens is 1. The molecule has 9 heteroatoms. The summed E-state index contributed by atoms with van der Waals surface area (Å²) in [6.07, 6.45) is 0. The van der Waals surface area contributed by atoms with Crippen LogP contribution in [-0.2, 0) is 13.1 Å². The first-order valence-corrected chi connectivity index (χ1v) is 10.0. The molecule has 8 nitrogen and oxygen atoms in total. The normalized spacial score (nSPS) is 10.8. The molecule has 0 spiro atoms. The van der Waals surface area contributed by atoms with Crippen molar-refractivity contribution in [3.05, 3.63) is 82.4 Å². The standard InChI is InChI=1S/C22H21ClN6O2/c1-14-19(20(23)29(28-14)13-15-6-4-3-5-7-15)22(30)24-12-18-25-21(27-26-18)16-8-10-17(31-2)11-9-16/h3-11H,12-13H2,1-2H3,(H,24,30)(H,25,26,27). The van der Waals surface area contributed by atoms with Crippen molar-refractivity contribution < 1.29 is 9.53 Å². The molecule has 0 bridgehead atoms. The molecule has 2 heterocycles. The molecular weight excluding hydrogens is 416 g/mol. The van der Waals surface area contributed by atoms with Gasteiger partial charge in [0.1, 0.15) is 16.7 Å². The number of carbonyl (C=O) groups excluding carboxylic acids is 1. The van der Waals surface area contributed by atoms with Crippen molar-refractivity contribution in [2.45, 2.75) is 20.0 Å². The molecule has 158 valence electrons. The predicted molar refractivity (Wildman–Crippen MR) is 117 cm³/mol. The van der Waals surface area contributed by atoms with Crippen molar-refractivity contribution in [1.82, 2.24) is 30.3 Å². The van der Waals surface area contributed by atoms with Gasteiger partial charge in [-0.3, -0.25) is 9.89 Å². The van der Waals surface area contributed by atoms with Gasteiger partial charge in [0.2, 0.25) is 0 Å². The lowest BCUT2D eigenvalue weighted by atomic mass is 10.2. The van der Waals surface area contributed by atoms with Gasteiger partial charge in [-0.25, -0.2) is 9.67 Å². The Morgan fingerprint density at radius 1 is 1.16 bits per heavy atom. The zero-order valence-electron chi connectivity index (χ0n) is 17.1. The number of nitrogens with one attached hydrogen (secondary N) is 2. The minimum absolute atomic E-state index is 0.182. The molecule has 0 fully saturated rings. The number of ether oxygens (including phenoxy) is 1. The number of hydrogen-bond donors (Lipinski definition) is 2. The van der Waals surface area contributed by atoms with Crippen LogP contribution in [0.25, 0.3) is 11.4 Å². The number of nitrogens with zero attached hydrogens (tertiary/aromatic N) is 4. The maximum atomic E-state index is 12.7. The van der Waals surface area contributed by atoms with Crippen molar-refractivity contribution in [3.8, 4) is 17.1 Å². The van der Waals surface area contributed by atoms with Gasteiger partial charge in [0, 0.05) is 5.56 Å². The van der Waals surface area contributed by atoms with E-state index in [9.17, 15) is 4.79 Å². The summed E-state index contributed by atoms with van der Waals surface area (Å²) in [5, 5.41) is 14.6. The lowest BCUT2D eigenvalue weighted by molar-refractivity contribution is 0.0949. The van der Waals surface area contributed by atoms with Crippen LogP contribution in [0.15, 0.2) is 54.6 Å². The molecule has 1 amide bonds. The number of aryl methyl sites for hydroxylation is 1. The van der Waals surface area contributed by atoms with Crippen molar-refractivity contribution in [1.29, 1.82) is 0 Å². The third-order valence-corrected chi connectivity index (χ3v) is 5.15. The van der Waals surface area contributed by atoms with Crippen LogP contribution in [0.4, 0.5) is 0 Å². The summed E-state index contributed by atoms with van der Waals surface area (Å²) in [5.41, 5.74) is 2.81. The predicted octanol–water partition coefficient (Wildman–Crippen LogP) is 3.62. The molecule has 2 aromatic heterocycles. The topological polar surface area (TPSA) is 97.7 Å². The van der Waals surface area contributed by atoms with E-state index in [1.165, 1.54) is 0 Å². The summed E-state index contributed by atoms with van der Waals surface area (Å²) in [7, 11) is 1.61. The molecule has 4 rings (SSSR count). The second kappa shape index (κ2) is 9.01. The third-order valence-electron chi connectivity index (χ3n) is 4.76. The van der Waals surface area contributed by atoms with Crippen molar-refractivity contribution in [3.63, 3.8) is 0 Å². The average Bonchev–Trinajstić information content (AvgIpc) is 3.37. The number of benzene rings is 2. The van der Waals surface area contributed by atoms with E-state index in [4.69, 9.17) is 16.3 Å². The molecule has 0 unspecified atom stereocenters. The van der Waals surface area contributed by atoms with Crippen LogP contribution in [0.3, 0.4) is 0 Å². The fourth-order valence-corrected chi connectivity index (χ4v) is 3.49. The van der Waals surface area contributed by atoms with Gasteiger partial charge < -0.3 is 10.1 Å². The van der Waals surface area contributed by atoms with Gasteiger partial charge in [0.25, 0.3) is 5.91 Å². The Kier molecular flexibility index (Phi) is 5.99. The SMILES string of the molecule is COc1ccc(-c2n[nH]c(CNC(=O)c3c(C)nn(Cc4ccccc4)c3Cl)n2)cc1. The van der Waals surface area contributed by atoms with Crippen LogP contribution in [0, 0.1) is 6.92 Å². The summed E-state index contributed by atoms with van der Waals surface area (Å²) < 4.78 is 6.78. The van der Waals surface area contributed by atoms with E-state index in [0.29, 0.717) is 34.6 Å². The number of methoxy groups -OCH3 is 1. The second-order valence-electron chi connectivity index (χ2n) is 6.91. The highest BCUT2D eigenvalue weighted by atomic mass is 35.5. The molecule has 31 heavy (non-hydrogen) atoms. The van der Waals surface area contributed by atoms with Gasteiger partial charge in [-0.05, 0) is 36.8 Å². The Morgan fingerprint density at radius 2 is 1.90 bits per heavy atom. The molecular formula is C22H21ClN6O2. The number of rotatable bonds is 7. The largest absolute Gasteiger partial charge is 0.497 e. The van der Waals surface area contributed by atoms with Gasteiger partial charge in [0.15, 0.2) is 5.82 Å². The lowest BCUT2D eigenvalue weighted by Crippen LogP contribution is -2.24. The van der Waals surface area contributed by atoms with E-state index in [-0.39, 0.29) is 12.5 Å². The minimum atomic E-state index is -0.316. The fourth-order valence-electron chi connectivity index (χ4n) is 3.17. The number of hydrogen-bond acceptors (Lipinski definition) is 5. The van der Waals surface area contributed by atoms with E-state index in [1.807, 2.05) is 54.6 Å². The van der Waals surface area contributed by atoms with Gasteiger partial charge >= 0.3 is 0 Å². The summed E-state index contributed by atoms with van der Waals surface area (Å²) in [6, 6.07) is 17.2. The molecule has 0 aliphatic rings. The van der Waals surface area contributed by atoms with E-state index >= 15 is 0 Å². The first kappa shape index (κ1) is 20.6. The first-order valence-electron chi connectivity index (χ1n) is 9.66. The van der Waals surface area contributed by atoms with E-state index in [1.54, 1.807) is 18.7 Å². The monoisotopic (exact) mass is 436 g/mol. The highest BCUT2D eigenvalue weighted by Crippen LogP contribution is 2.21. The van der Waals surface area contributed by atoms with Crippen molar-refractivity contribution in [2.75, 3.05) is 7.11 Å². The average molecular weight is 437 g/mol. The number of aromatic nitrogens is 5. The number of H-pyrrole nitrogens is 1. The first-order chi connectivity index (χ1) is 15.0. The molecule has 0 saturated carbocycles. The summed E-state index contributed by atoms with van der Waals surface area (Å²) in [4.78, 5) is 17.2. The van der Waals surface area contributed by atoms with Gasteiger partial charge in [0.05, 0.1) is 31.5 Å². The Bertz CT molecular complexity index is 1180. The molecule has 2 aromatic carbocycles. The van der Waals surface area contributed by atoms with Gasteiger partial charge in [-0.2, -0.15) is 10.2 Å². The molecule has 0 aliphatic carbocycles. The molecule has 0 radical (unpaired) electrons. The van der Waals surface area contributed by atoms with Crippen LogP contribution in [0.1, 0.15) is 27.4 Å². The van der Waals surface area contributed by atoms with Crippen LogP contribution in [-0.4, -0.2) is 38.0 Å². The molecule has 4 aromatic rings. The van der Waals surface area contributed by atoms with E-state index in [0.717, 1.165) is 16.9 Å². The summed E-state index contributed by atoms with van der Waals surface area (Å²) >= 11 is 6.46. The smallest absolute Gasteiger partial charge is 0.256 e. The number of carbonyl (C=O) groups is 1. The van der Waals surface area contributed by atoms with Crippen LogP contribution < -0.4 is 10.1 Å². The van der Waals surface area contributed by atoms with Gasteiger partial charge in [-0.15, -0.1) is 0 Å². The van der Waals surface area contributed by atoms with Crippen LogP contribution in [0.5, 0.6) is 5.75 Å². The minimum Gasteiger partial charge on any atom is -0.497 e. The Morgan fingerprint density at radius 3 is 2.61 bits per heavy atom. The van der Waals surface area contributed by atoms with E-state index in [2.05, 4.69) is 25.6 Å². The molecule has 0 saturated heterocycles. The van der Waals surface area contributed by atoms with Crippen molar-refractivity contribution in [2.24, 2.45) is 0 Å². The molecule has 0 atom stereocenters. The number of aromatic amines is 1. The van der Waals surface area contributed by atoms with Crippen molar-refractivity contribution >= 4 is 17.5 Å². The second-order valence-corrected chi connectivity index (χ2v) is 7.27. The lowest BCUT2D eigenvalue weighted by Gasteiger charge is -2.05. The zero-order valence-corrected chi connectivity index (χ0v) is 17.8. The summed E-state index contributed by atoms with van der Waals surface area (Å²) in [6.45, 7) is 2.43. The molecule has 0 aliphatic heterocycles. The van der Waals surface area contributed by atoms with Crippen LogP contribution in [0.2, 0.25) is 5.15 Å². The van der Waals surface area contributed by atoms with Crippen LogP contribution >= 0.6 is 11.6 Å². The Balaban J connectivity index is 1.43. The van der Waals surface area contributed by atoms with Gasteiger partial charge in [-0.1, -0.05) is 41.9 Å². The number of amides is 1. The third kappa shape index (κ3) is 4.59. The quantitative estimate of drug-likeness (QED) is 0.461. The Labute approximate surface area is 184 Å². The maximum absolute atomic E-state index is 12.7. The highest BCUT2D eigenvalue weighted by molar-refractivity contribution is 6.33. The maximum Gasteiger partial charge on any atom is 0.256 e. The molecule has 2 N–H and O–H groups in total. The Hall–Kier alpha value is -3.65. The fraction of sp³-hybridized carbons (Fsp3) is 0.182. The van der Waals surface area contributed by atoms with E-state index < -0.39 is 0 Å². The summed E-state index contributed by atoms with van der Waals surface area (Å²) in [5.74, 6) is 1.51. The highest BCUT2D eigenvalue weighted by Gasteiger charge is 2.20.